The van der Waals surface area contributed by atoms with Gasteiger partial charge in [-0.15, -0.1) is 0 Å². The Labute approximate surface area is 42.9 Å². The summed E-state index contributed by atoms with van der Waals surface area (Å²) in [5, 5.41) is 2.88. The molecule has 2 unspecified atom stereocenters. The Bertz CT molecular complexity index is 63.1. The maximum Gasteiger partial charge on any atom is 0.115 e. The molecule has 0 aromatic carbocycles. The highest BCUT2D eigenvalue weighted by molar-refractivity contribution is 4.85. The Kier molecular flexibility index (Phi) is 1.28. The van der Waals surface area contributed by atoms with E-state index in [0.29, 0.717) is 0 Å². The van der Waals surface area contributed by atoms with Crippen LogP contribution in [-0.4, -0.2) is 19.3 Å². The van der Waals surface area contributed by atoms with E-state index in [2.05, 4.69) is 5.32 Å². The summed E-state index contributed by atoms with van der Waals surface area (Å²) < 4.78 is 12.1. The summed E-state index contributed by atoms with van der Waals surface area (Å²) in [6.07, 6.45) is 1.20. The lowest BCUT2D eigenvalue weighted by molar-refractivity contribution is 0.149. The number of hydrogen-bond donors (Lipinski definition) is 1. The van der Waals surface area contributed by atoms with Gasteiger partial charge in [-0.3, -0.25) is 0 Å². The molecule has 1 fully saturated rings. The molecule has 0 saturated heterocycles. The highest BCUT2D eigenvalue weighted by Gasteiger charge is 2.28. The molecule has 0 aromatic heterocycles. The zero-order valence-electron chi connectivity index (χ0n) is 4.45. The molecule has 0 aliphatic heterocycles. The molecule has 0 amide bonds. The van der Waals surface area contributed by atoms with Crippen LogP contribution in [0.3, 0.4) is 0 Å². The van der Waals surface area contributed by atoms with Crippen LogP contribution in [0.4, 0.5) is 4.39 Å². The van der Waals surface area contributed by atoms with Crippen LogP contribution in [0.1, 0.15) is 12.8 Å². The van der Waals surface area contributed by atoms with Gasteiger partial charge in [-0.25, -0.2) is 4.39 Å². The van der Waals surface area contributed by atoms with Gasteiger partial charge in [-0.05, 0) is 19.9 Å². The van der Waals surface area contributed by atoms with Crippen LogP contribution in [-0.2, 0) is 0 Å². The molecular formula is C5H10FN. The third-order valence-corrected chi connectivity index (χ3v) is 1.56. The average molecular weight is 103 g/mol. The number of rotatable bonds is 1. The molecule has 0 bridgehead atoms. The molecule has 1 saturated carbocycles. The topological polar surface area (TPSA) is 12.0 Å². The first-order valence-corrected chi connectivity index (χ1v) is 2.66. The number of halogens is 1. The monoisotopic (exact) mass is 103 g/mol. The Morgan fingerprint density at radius 3 is 2.29 bits per heavy atom. The van der Waals surface area contributed by atoms with Crippen molar-refractivity contribution in [3.05, 3.63) is 0 Å². The van der Waals surface area contributed by atoms with Crippen molar-refractivity contribution in [2.24, 2.45) is 0 Å². The lowest BCUT2D eigenvalue weighted by atomic mass is 9.91. The first-order valence-electron chi connectivity index (χ1n) is 2.66. The fourth-order valence-corrected chi connectivity index (χ4v) is 0.785. The van der Waals surface area contributed by atoms with Gasteiger partial charge in [-0.2, -0.15) is 0 Å². The van der Waals surface area contributed by atoms with Crippen LogP contribution in [0, 0.1) is 0 Å². The lowest BCUT2D eigenvalue weighted by Crippen LogP contribution is -2.43. The molecule has 1 rings (SSSR count). The molecule has 1 nitrogen and oxygen atoms in total. The fraction of sp³-hybridized carbons (Fsp3) is 1.00. The second-order valence-electron chi connectivity index (χ2n) is 1.99. The molecule has 0 heterocycles. The van der Waals surface area contributed by atoms with Crippen molar-refractivity contribution in [2.75, 3.05) is 7.05 Å². The van der Waals surface area contributed by atoms with Crippen molar-refractivity contribution in [3.63, 3.8) is 0 Å². The molecule has 1 aliphatic rings. The van der Waals surface area contributed by atoms with Gasteiger partial charge in [0.25, 0.3) is 0 Å². The zero-order valence-corrected chi connectivity index (χ0v) is 4.45. The molecule has 0 radical (unpaired) electrons. The van der Waals surface area contributed by atoms with E-state index in [1.54, 1.807) is 7.05 Å². The summed E-state index contributed by atoms with van der Waals surface area (Å²) in [5.41, 5.74) is 0. The van der Waals surface area contributed by atoms with Crippen LogP contribution in [0.15, 0.2) is 0 Å². The summed E-state index contributed by atoms with van der Waals surface area (Å²) in [6.45, 7) is 0. The van der Waals surface area contributed by atoms with Crippen LogP contribution in [0.5, 0.6) is 0 Å². The van der Waals surface area contributed by atoms with E-state index in [-0.39, 0.29) is 6.04 Å². The number of hydrogen-bond acceptors (Lipinski definition) is 1. The molecule has 1 N–H and O–H groups in total. The Balaban J connectivity index is 2.16. The Hall–Kier alpha value is -0.110. The summed E-state index contributed by atoms with van der Waals surface area (Å²) in [5.74, 6) is 0. The van der Waals surface area contributed by atoms with Crippen LogP contribution in [0.25, 0.3) is 0 Å². The molecule has 0 spiro atoms. The smallest absolute Gasteiger partial charge is 0.115 e. The summed E-state index contributed by atoms with van der Waals surface area (Å²) >= 11 is 0. The van der Waals surface area contributed by atoms with E-state index in [1.807, 2.05) is 0 Å². The standard InChI is InChI=1S/C5H10FN/c1-7-5-3-2-4(5)6/h4-5,7H,2-3H2,1H3. The first kappa shape index (κ1) is 5.04. The maximum absolute atomic E-state index is 12.1. The molecule has 0 aromatic rings. The highest BCUT2D eigenvalue weighted by Crippen LogP contribution is 2.21. The third kappa shape index (κ3) is 0.752. The van der Waals surface area contributed by atoms with Crippen molar-refractivity contribution in [3.8, 4) is 0 Å². The molecule has 1 aliphatic carbocycles. The summed E-state index contributed by atoms with van der Waals surface area (Å²) in [7, 11) is 1.80. The van der Waals surface area contributed by atoms with Crippen molar-refractivity contribution in [2.45, 2.75) is 25.1 Å². The van der Waals surface area contributed by atoms with Gasteiger partial charge < -0.3 is 5.32 Å². The Morgan fingerprint density at radius 2 is 2.29 bits per heavy atom. The van der Waals surface area contributed by atoms with Gasteiger partial charge >= 0.3 is 0 Å². The van der Waals surface area contributed by atoms with Gasteiger partial charge in [0.1, 0.15) is 6.17 Å². The van der Waals surface area contributed by atoms with Crippen molar-refractivity contribution in [1.29, 1.82) is 0 Å². The van der Waals surface area contributed by atoms with Crippen molar-refractivity contribution < 1.29 is 4.39 Å². The number of nitrogens with one attached hydrogen (secondary N) is 1. The fourth-order valence-electron chi connectivity index (χ4n) is 0.785. The van der Waals surface area contributed by atoms with Crippen molar-refractivity contribution in [1.82, 2.24) is 5.32 Å². The minimum absolute atomic E-state index is 0.167. The lowest BCUT2D eigenvalue weighted by Gasteiger charge is -2.29. The molecule has 7 heavy (non-hydrogen) atoms. The van der Waals surface area contributed by atoms with Gasteiger partial charge in [0, 0.05) is 6.04 Å². The van der Waals surface area contributed by atoms with E-state index in [0.717, 1.165) is 12.8 Å². The van der Waals surface area contributed by atoms with E-state index in [9.17, 15) is 4.39 Å². The van der Waals surface area contributed by atoms with E-state index < -0.39 is 6.17 Å². The quantitative estimate of drug-likeness (QED) is 0.515. The Morgan fingerprint density at radius 1 is 1.57 bits per heavy atom. The maximum atomic E-state index is 12.1. The highest BCUT2D eigenvalue weighted by atomic mass is 19.1. The third-order valence-electron chi connectivity index (χ3n) is 1.56. The predicted octanol–water partition coefficient (Wildman–Crippen LogP) is 0.706. The van der Waals surface area contributed by atoms with Crippen LogP contribution >= 0.6 is 0 Å². The van der Waals surface area contributed by atoms with Crippen LogP contribution < -0.4 is 5.32 Å². The normalized spacial score (nSPS) is 40.3. The molecular weight excluding hydrogens is 93.1 g/mol. The van der Waals surface area contributed by atoms with Gasteiger partial charge in [0.05, 0.1) is 0 Å². The van der Waals surface area contributed by atoms with Crippen LogP contribution in [0.2, 0.25) is 0 Å². The molecule has 42 valence electrons. The largest absolute Gasteiger partial charge is 0.314 e. The van der Waals surface area contributed by atoms with E-state index in [4.69, 9.17) is 0 Å². The predicted molar refractivity (Wildman–Crippen MR) is 27.0 cm³/mol. The summed E-state index contributed by atoms with van der Waals surface area (Å²) in [6, 6.07) is 0.167. The zero-order chi connectivity index (χ0) is 5.28. The molecule has 2 heteroatoms. The second-order valence-corrected chi connectivity index (χ2v) is 1.99. The van der Waals surface area contributed by atoms with Gasteiger partial charge in [0.2, 0.25) is 0 Å². The van der Waals surface area contributed by atoms with E-state index >= 15 is 0 Å². The summed E-state index contributed by atoms with van der Waals surface area (Å²) in [4.78, 5) is 0. The minimum atomic E-state index is -0.565. The average Bonchev–Trinajstić information content (AvgIpc) is 1.65. The van der Waals surface area contributed by atoms with Gasteiger partial charge in [-0.1, -0.05) is 0 Å². The SMILES string of the molecule is CNC1CCC1F. The van der Waals surface area contributed by atoms with Crippen molar-refractivity contribution >= 4 is 0 Å². The van der Waals surface area contributed by atoms with Gasteiger partial charge in [0.15, 0.2) is 0 Å². The second kappa shape index (κ2) is 1.78. The number of alkyl halides is 1. The van der Waals surface area contributed by atoms with E-state index in [1.165, 1.54) is 0 Å². The minimum Gasteiger partial charge on any atom is -0.314 e. The first-order chi connectivity index (χ1) is 3.34. The molecule has 2 atom stereocenters.